The molecular weight excluding hydrogens is 224 g/mol. The number of nitrogens with one attached hydrogen (secondary N) is 1. The minimum atomic E-state index is -0.935. The number of nitrogens with zero attached hydrogens (tertiary/aromatic N) is 1. The molecule has 1 amide bonds. The third kappa shape index (κ3) is 2.08. The number of carbonyl (C=O) groups is 1. The second kappa shape index (κ2) is 4.64. The van der Waals surface area contributed by atoms with Crippen LogP contribution in [0.15, 0.2) is 17.5 Å². The lowest BCUT2D eigenvalue weighted by Crippen LogP contribution is -2.53. The van der Waals surface area contributed by atoms with Crippen LogP contribution in [0, 0.1) is 16.7 Å². The van der Waals surface area contributed by atoms with Gasteiger partial charge >= 0.3 is 0 Å². The van der Waals surface area contributed by atoms with Crippen molar-refractivity contribution >= 4 is 17.2 Å². The highest BCUT2D eigenvalue weighted by Crippen LogP contribution is 2.26. The average molecular weight is 236 g/mol. The van der Waals surface area contributed by atoms with E-state index in [1.165, 1.54) is 4.88 Å². The molecule has 84 valence electrons. The van der Waals surface area contributed by atoms with Crippen LogP contribution in [0.4, 0.5) is 0 Å². The molecule has 0 atom stereocenters. The first-order valence-corrected chi connectivity index (χ1v) is 5.94. The molecule has 0 spiro atoms. The van der Waals surface area contributed by atoms with E-state index in [1.54, 1.807) is 11.3 Å². The van der Waals surface area contributed by atoms with E-state index < -0.39 is 5.41 Å². The van der Waals surface area contributed by atoms with Crippen molar-refractivity contribution < 1.29 is 9.53 Å². The Morgan fingerprint density at radius 1 is 1.69 bits per heavy atom. The number of carbonyl (C=O) groups excluding carboxylic acids is 1. The normalized spacial score (nSPS) is 17.2. The van der Waals surface area contributed by atoms with Crippen LogP contribution in [0.25, 0.3) is 0 Å². The molecule has 0 unspecified atom stereocenters. The Hall–Kier alpha value is -1.38. The van der Waals surface area contributed by atoms with Crippen molar-refractivity contribution in [3.63, 3.8) is 0 Å². The average Bonchev–Trinajstić information content (AvgIpc) is 2.70. The van der Waals surface area contributed by atoms with E-state index in [0.29, 0.717) is 6.54 Å². The van der Waals surface area contributed by atoms with E-state index in [2.05, 4.69) is 5.32 Å². The number of hydrogen-bond acceptors (Lipinski definition) is 4. The van der Waals surface area contributed by atoms with E-state index in [1.807, 2.05) is 23.6 Å². The molecule has 1 aromatic rings. The van der Waals surface area contributed by atoms with Gasteiger partial charge in [0.05, 0.1) is 19.3 Å². The topological polar surface area (TPSA) is 62.1 Å². The lowest BCUT2D eigenvalue weighted by molar-refractivity contribution is -0.149. The van der Waals surface area contributed by atoms with Crippen molar-refractivity contribution in [3.8, 4) is 6.07 Å². The van der Waals surface area contributed by atoms with Gasteiger partial charge in [0.15, 0.2) is 5.41 Å². The van der Waals surface area contributed by atoms with E-state index in [4.69, 9.17) is 10.00 Å². The van der Waals surface area contributed by atoms with Gasteiger partial charge in [-0.25, -0.2) is 0 Å². The van der Waals surface area contributed by atoms with Crippen LogP contribution in [-0.4, -0.2) is 25.7 Å². The Morgan fingerprint density at radius 2 is 2.50 bits per heavy atom. The van der Waals surface area contributed by atoms with Gasteiger partial charge in [-0.1, -0.05) is 6.07 Å². The first-order valence-electron chi connectivity index (χ1n) is 5.06. The number of ether oxygens (including phenoxy) is 1. The second-order valence-corrected chi connectivity index (χ2v) is 4.80. The molecule has 0 aliphatic carbocycles. The lowest BCUT2D eigenvalue weighted by atomic mass is 9.87. The van der Waals surface area contributed by atoms with Crippen molar-refractivity contribution in [1.82, 2.24) is 5.32 Å². The zero-order chi connectivity index (χ0) is 11.4. The summed E-state index contributed by atoms with van der Waals surface area (Å²) in [6.45, 7) is 1.01. The summed E-state index contributed by atoms with van der Waals surface area (Å²) in [5, 5.41) is 13.7. The maximum Gasteiger partial charge on any atom is 0.245 e. The monoisotopic (exact) mass is 236 g/mol. The molecular formula is C11H12N2O2S. The first kappa shape index (κ1) is 11.1. The molecule has 1 aliphatic heterocycles. The smallest absolute Gasteiger partial charge is 0.245 e. The molecule has 0 bridgehead atoms. The van der Waals surface area contributed by atoms with Crippen molar-refractivity contribution in [2.24, 2.45) is 5.41 Å². The molecule has 1 saturated heterocycles. The molecule has 1 aromatic heterocycles. The summed E-state index contributed by atoms with van der Waals surface area (Å²) in [6, 6.07) is 6.04. The fourth-order valence-corrected chi connectivity index (χ4v) is 2.18. The molecule has 1 N–H and O–H groups in total. The van der Waals surface area contributed by atoms with Crippen LogP contribution in [0.5, 0.6) is 0 Å². The minimum absolute atomic E-state index is 0.210. The predicted octanol–water partition coefficient (Wildman–Crippen LogP) is 0.947. The Morgan fingerprint density at radius 3 is 3.00 bits per heavy atom. The second-order valence-electron chi connectivity index (χ2n) is 3.77. The SMILES string of the molecule is N#CC1(C(=O)NCCc2cccs2)COC1. The highest BCUT2D eigenvalue weighted by molar-refractivity contribution is 7.09. The van der Waals surface area contributed by atoms with Crippen molar-refractivity contribution in [1.29, 1.82) is 5.26 Å². The number of amides is 1. The third-order valence-corrected chi connectivity index (χ3v) is 3.52. The molecule has 0 radical (unpaired) electrons. The molecule has 1 aliphatic rings. The van der Waals surface area contributed by atoms with Crippen molar-refractivity contribution in [2.75, 3.05) is 19.8 Å². The predicted molar refractivity (Wildman–Crippen MR) is 59.9 cm³/mol. The molecule has 0 saturated carbocycles. The fraction of sp³-hybridized carbons (Fsp3) is 0.455. The Bertz CT molecular complexity index is 404. The standard InChI is InChI=1S/C11H12N2O2S/c12-6-11(7-15-8-11)10(14)13-4-3-9-2-1-5-16-9/h1-2,5H,3-4,7-8H2,(H,13,14). The summed E-state index contributed by atoms with van der Waals surface area (Å²) in [4.78, 5) is 12.9. The van der Waals surface area contributed by atoms with E-state index in [0.717, 1.165) is 6.42 Å². The summed E-state index contributed by atoms with van der Waals surface area (Å²) in [5.74, 6) is -0.210. The van der Waals surface area contributed by atoms with Gasteiger partial charge in [0.1, 0.15) is 0 Å². The van der Waals surface area contributed by atoms with Crippen LogP contribution >= 0.6 is 11.3 Å². The van der Waals surface area contributed by atoms with Crippen LogP contribution in [0.2, 0.25) is 0 Å². The molecule has 5 heteroatoms. The van der Waals surface area contributed by atoms with E-state index in [-0.39, 0.29) is 19.1 Å². The number of hydrogen-bond donors (Lipinski definition) is 1. The molecule has 2 heterocycles. The van der Waals surface area contributed by atoms with Crippen LogP contribution in [-0.2, 0) is 16.0 Å². The Balaban J connectivity index is 1.78. The largest absolute Gasteiger partial charge is 0.377 e. The minimum Gasteiger partial charge on any atom is -0.377 e. The van der Waals surface area contributed by atoms with E-state index >= 15 is 0 Å². The summed E-state index contributed by atoms with van der Waals surface area (Å²) in [6.07, 6.45) is 0.811. The summed E-state index contributed by atoms with van der Waals surface area (Å²) < 4.78 is 4.92. The van der Waals surface area contributed by atoms with Crippen molar-refractivity contribution in [3.05, 3.63) is 22.4 Å². The highest BCUT2D eigenvalue weighted by Gasteiger charge is 2.46. The van der Waals surface area contributed by atoms with Crippen molar-refractivity contribution in [2.45, 2.75) is 6.42 Å². The summed E-state index contributed by atoms with van der Waals surface area (Å²) in [7, 11) is 0. The fourth-order valence-electron chi connectivity index (χ4n) is 1.48. The molecule has 0 aromatic carbocycles. The first-order chi connectivity index (χ1) is 7.77. The van der Waals surface area contributed by atoms with Gasteiger partial charge in [-0.05, 0) is 17.9 Å². The number of rotatable bonds is 4. The number of nitriles is 1. The van der Waals surface area contributed by atoms with Crippen LogP contribution in [0.1, 0.15) is 4.88 Å². The molecule has 1 fully saturated rings. The Labute approximate surface area is 97.8 Å². The van der Waals surface area contributed by atoms with Gasteiger partial charge in [-0.15, -0.1) is 11.3 Å². The number of thiophene rings is 1. The molecule has 16 heavy (non-hydrogen) atoms. The van der Waals surface area contributed by atoms with Gasteiger partial charge in [0, 0.05) is 11.4 Å². The summed E-state index contributed by atoms with van der Waals surface area (Å²) >= 11 is 1.67. The van der Waals surface area contributed by atoms with E-state index in [9.17, 15) is 4.79 Å². The maximum atomic E-state index is 11.7. The van der Waals surface area contributed by atoms with Gasteiger partial charge in [-0.2, -0.15) is 5.26 Å². The summed E-state index contributed by atoms with van der Waals surface area (Å²) in [5.41, 5.74) is -0.935. The van der Waals surface area contributed by atoms with Gasteiger partial charge in [0.2, 0.25) is 5.91 Å². The van der Waals surface area contributed by atoms with Gasteiger partial charge in [-0.3, -0.25) is 4.79 Å². The molecule has 2 rings (SSSR count). The molecule has 4 nitrogen and oxygen atoms in total. The van der Waals surface area contributed by atoms with Crippen LogP contribution < -0.4 is 5.32 Å². The van der Waals surface area contributed by atoms with Gasteiger partial charge < -0.3 is 10.1 Å². The maximum absolute atomic E-state index is 11.7. The van der Waals surface area contributed by atoms with Crippen LogP contribution in [0.3, 0.4) is 0 Å². The Kier molecular flexibility index (Phi) is 3.22. The lowest BCUT2D eigenvalue weighted by Gasteiger charge is -2.33. The quantitative estimate of drug-likeness (QED) is 0.846. The third-order valence-electron chi connectivity index (χ3n) is 2.58. The zero-order valence-electron chi connectivity index (χ0n) is 8.73. The highest BCUT2D eigenvalue weighted by atomic mass is 32.1. The zero-order valence-corrected chi connectivity index (χ0v) is 9.55. The van der Waals surface area contributed by atoms with Gasteiger partial charge in [0.25, 0.3) is 0 Å².